The van der Waals surface area contributed by atoms with Gasteiger partial charge in [0.15, 0.2) is 12.2 Å². The quantitative estimate of drug-likeness (QED) is 0.0169. The van der Waals surface area contributed by atoms with Crippen LogP contribution in [0, 0.1) is 0 Å². The van der Waals surface area contributed by atoms with Crippen molar-refractivity contribution in [3.8, 4) is 0 Å². The van der Waals surface area contributed by atoms with Gasteiger partial charge < -0.3 is 33.8 Å². The van der Waals surface area contributed by atoms with E-state index < -0.39 is 97.5 Å². The number of allylic oxidation sites excluding steroid dienone is 14. The van der Waals surface area contributed by atoms with Crippen molar-refractivity contribution < 1.29 is 80.2 Å². The Hall–Kier alpha value is -3.76. The minimum atomic E-state index is -4.98. The second-order valence-corrected chi connectivity index (χ2v) is 27.4. The maximum Gasteiger partial charge on any atom is 0.472 e. The van der Waals surface area contributed by atoms with E-state index in [-0.39, 0.29) is 25.7 Å². The third-order valence-corrected chi connectivity index (χ3v) is 17.2. The number of carbonyl (C=O) groups excluding carboxylic acids is 4. The Morgan fingerprint density at radius 1 is 0.309 bits per heavy atom. The highest BCUT2D eigenvalue weighted by atomic mass is 31.2. The fraction of sp³-hybridized carbons (Fsp3) is 0.760. The maximum absolute atomic E-state index is 13.0. The third kappa shape index (κ3) is 66.8. The second kappa shape index (κ2) is 67.8. The molecule has 0 rings (SSSR count). The molecule has 3 N–H and O–H groups in total. The SMILES string of the molecule is CC/C=C\C/C=C\C/C=C\CCCCCCCC(=O)OCC(COP(=O)(O)OCC(O)COP(=O)(O)OCC(COC(=O)CCCCCCC/C=C\CCCCCC)OC(=O)CCCCCCC/C=C\CCCCCC)OC(=O)CCCCCCC/C=C\C/C=C\CCC. The summed E-state index contributed by atoms with van der Waals surface area (Å²) in [5.41, 5.74) is 0. The Morgan fingerprint density at radius 2 is 0.574 bits per heavy atom. The first-order valence-corrected chi connectivity index (χ1v) is 39.8. The number of unbranched alkanes of at least 4 members (excludes halogenated alkanes) is 29. The van der Waals surface area contributed by atoms with Crippen LogP contribution in [0.1, 0.15) is 310 Å². The third-order valence-electron chi connectivity index (χ3n) is 15.3. The molecule has 0 saturated carbocycles. The summed E-state index contributed by atoms with van der Waals surface area (Å²) in [5, 5.41) is 10.6. The summed E-state index contributed by atoms with van der Waals surface area (Å²) >= 11 is 0. The lowest BCUT2D eigenvalue weighted by atomic mass is 10.1. The van der Waals surface area contributed by atoms with Crippen LogP contribution in [0.5, 0.6) is 0 Å². The van der Waals surface area contributed by atoms with Crippen molar-refractivity contribution in [1.82, 2.24) is 0 Å². The van der Waals surface area contributed by atoms with Crippen molar-refractivity contribution in [2.45, 2.75) is 329 Å². The van der Waals surface area contributed by atoms with Crippen molar-refractivity contribution in [3.63, 3.8) is 0 Å². The van der Waals surface area contributed by atoms with Gasteiger partial charge in [-0.3, -0.25) is 37.3 Å². The van der Waals surface area contributed by atoms with Crippen molar-refractivity contribution in [3.05, 3.63) is 85.1 Å². The molecule has 544 valence electrons. The van der Waals surface area contributed by atoms with Crippen molar-refractivity contribution in [2.24, 2.45) is 0 Å². The molecule has 0 aliphatic carbocycles. The van der Waals surface area contributed by atoms with Crippen molar-refractivity contribution >= 4 is 39.5 Å². The van der Waals surface area contributed by atoms with Gasteiger partial charge in [-0.1, -0.05) is 235 Å². The highest BCUT2D eigenvalue weighted by molar-refractivity contribution is 7.47. The van der Waals surface area contributed by atoms with E-state index in [2.05, 4.69) is 113 Å². The normalized spacial score (nSPS) is 14.5. The van der Waals surface area contributed by atoms with Crippen LogP contribution in [0.15, 0.2) is 85.1 Å². The van der Waals surface area contributed by atoms with Crippen LogP contribution in [-0.4, -0.2) is 96.7 Å². The van der Waals surface area contributed by atoms with E-state index in [1.807, 2.05) is 0 Å². The van der Waals surface area contributed by atoms with E-state index in [0.717, 1.165) is 180 Å². The summed E-state index contributed by atoms with van der Waals surface area (Å²) in [6, 6.07) is 0. The topological polar surface area (TPSA) is 237 Å². The molecule has 0 aromatic carbocycles. The number of hydrogen-bond acceptors (Lipinski definition) is 15. The predicted molar refractivity (Wildman–Crippen MR) is 381 cm³/mol. The Bertz CT molecular complexity index is 2120. The van der Waals surface area contributed by atoms with Gasteiger partial charge in [0.2, 0.25) is 0 Å². The zero-order chi connectivity index (χ0) is 69.0. The molecule has 0 radical (unpaired) electrons. The number of phosphoric acid groups is 2. The van der Waals surface area contributed by atoms with Gasteiger partial charge in [-0.2, -0.15) is 0 Å². The number of rotatable bonds is 69. The van der Waals surface area contributed by atoms with E-state index in [1.54, 1.807) is 0 Å². The number of hydrogen-bond donors (Lipinski definition) is 3. The zero-order valence-electron chi connectivity index (χ0n) is 59.1. The maximum atomic E-state index is 13.0. The van der Waals surface area contributed by atoms with Gasteiger partial charge in [-0.25, -0.2) is 9.13 Å². The van der Waals surface area contributed by atoms with Crippen LogP contribution >= 0.6 is 15.6 Å². The largest absolute Gasteiger partial charge is 0.472 e. The first-order valence-electron chi connectivity index (χ1n) is 36.8. The second-order valence-electron chi connectivity index (χ2n) is 24.5. The first-order chi connectivity index (χ1) is 45.7. The number of aliphatic hydroxyl groups excluding tert-OH is 1. The molecular formula is C75H132O17P2. The van der Waals surface area contributed by atoms with Gasteiger partial charge in [0.05, 0.1) is 26.4 Å². The molecule has 0 bridgehead atoms. The smallest absolute Gasteiger partial charge is 0.462 e. The Kier molecular flexibility index (Phi) is 65.1. The molecule has 94 heavy (non-hydrogen) atoms. The van der Waals surface area contributed by atoms with Gasteiger partial charge in [0.25, 0.3) is 0 Å². The average Bonchev–Trinajstić information content (AvgIpc) is 1.67. The van der Waals surface area contributed by atoms with E-state index in [1.165, 1.54) is 51.4 Å². The molecule has 0 aliphatic rings. The zero-order valence-corrected chi connectivity index (χ0v) is 60.9. The molecule has 0 aromatic rings. The van der Waals surface area contributed by atoms with E-state index in [4.69, 9.17) is 37.0 Å². The number of ether oxygens (including phenoxy) is 4. The minimum Gasteiger partial charge on any atom is -0.462 e. The van der Waals surface area contributed by atoms with Crippen LogP contribution < -0.4 is 0 Å². The molecule has 19 heteroatoms. The molecule has 0 amide bonds. The van der Waals surface area contributed by atoms with E-state index >= 15 is 0 Å². The number of esters is 4. The summed E-state index contributed by atoms with van der Waals surface area (Å²) in [4.78, 5) is 72.7. The standard InChI is InChI=1S/C75H132O17P2/c1-5-9-13-17-21-25-29-33-34-38-40-44-48-52-56-60-73(78)86-66-71(92-75(80)62-58-54-50-46-42-37-32-28-24-20-16-12-8-4)68-90-94(83,84)88-64-69(76)63-87-93(81,82)89-67-70(91-74(79)61-57-53-49-45-41-36-31-27-23-19-15-11-7-3)65-85-72(77)59-55-51-47-43-39-35-30-26-22-18-14-10-6-2/h9,13,16,20-21,25-28,30-34,69-71,76H,5-8,10-12,14-15,17-19,22-24,29,35-68H2,1-4H3,(H,81,82)(H,83,84)/b13-9-,20-16-,25-21-,30-26-,31-27-,32-28-,34-33-. The summed E-state index contributed by atoms with van der Waals surface area (Å²) in [6.07, 6.45) is 67.2. The van der Waals surface area contributed by atoms with Crippen LogP contribution in [0.3, 0.4) is 0 Å². The van der Waals surface area contributed by atoms with Crippen LogP contribution in [0.25, 0.3) is 0 Å². The van der Waals surface area contributed by atoms with Gasteiger partial charge in [-0.15, -0.1) is 0 Å². The molecule has 0 aliphatic heterocycles. The van der Waals surface area contributed by atoms with Gasteiger partial charge >= 0.3 is 39.5 Å². The molecule has 5 atom stereocenters. The molecule has 0 aromatic heterocycles. The fourth-order valence-corrected chi connectivity index (χ4v) is 11.3. The highest BCUT2D eigenvalue weighted by Gasteiger charge is 2.30. The first kappa shape index (κ1) is 90.2. The molecule has 5 unspecified atom stereocenters. The molecule has 0 spiro atoms. The summed E-state index contributed by atoms with van der Waals surface area (Å²) < 4.78 is 68.3. The molecular weight excluding hydrogens is 1230 g/mol. The van der Waals surface area contributed by atoms with Crippen LogP contribution in [-0.2, 0) is 65.4 Å². The molecule has 17 nitrogen and oxygen atoms in total. The molecule has 0 heterocycles. The van der Waals surface area contributed by atoms with Crippen LogP contribution in [0.2, 0.25) is 0 Å². The predicted octanol–water partition coefficient (Wildman–Crippen LogP) is 20.7. The summed E-state index contributed by atoms with van der Waals surface area (Å²) in [6.45, 7) is 4.62. The summed E-state index contributed by atoms with van der Waals surface area (Å²) in [7, 11) is -9.95. The monoisotopic (exact) mass is 1370 g/mol. The highest BCUT2D eigenvalue weighted by Crippen LogP contribution is 2.45. The number of carbonyl (C=O) groups is 4. The number of phosphoric ester groups is 2. The lowest BCUT2D eigenvalue weighted by Crippen LogP contribution is -2.30. The Labute approximate surface area is 570 Å². The number of aliphatic hydroxyl groups is 1. The molecule has 0 saturated heterocycles. The van der Waals surface area contributed by atoms with Crippen LogP contribution in [0.4, 0.5) is 0 Å². The Morgan fingerprint density at radius 3 is 0.904 bits per heavy atom. The van der Waals surface area contributed by atoms with E-state index in [9.17, 15) is 43.2 Å². The molecule has 0 fully saturated rings. The van der Waals surface area contributed by atoms with Gasteiger partial charge in [0.1, 0.15) is 19.3 Å². The van der Waals surface area contributed by atoms with Gasteiger partial charge in [-0.05, 0) is 135 Å². The Balaban J connectivity index is 5.35. The average molecular weight is 1370 g/mol. The van der Waals surface area contributed by atoms with Gasteiger partial charge in [0, 0.05) is 25.7 Å². The van der Waals surface area contributed by atoms with E-state index in [0.29, 0.717) is 25.7 Å². The van der Waals surface area contributed by atoms with Crippen molar-refractivity contribution in [1.29, 1.82) is 0 Å². The lowest BCUT2D eigenvalue weighted by molar-refractivity contribution is -0.161. The lowest BCUT2D eigenvalue weighted by Gasteiger charge is -2.21. The van der Waals surface area contributed by atoms with Crippen molar-refractivity contribution in [2.75, 3.05) is 39.6 Å². The summed E-state index contributed by atoms with van der Waals surface area (Å²) in [5.74, 6) is -2.22. The fourth-order valence-electron chi connectivity index (χ4n) is 9.67. The minimum absolute atomic E-state index is 0.0751.